The number of hydrogen-bond acceptors (Lipinski definition) is 3. The topological polar surface area (TPSA) is 38.7 Å². The zero-order chi connectivity index (χ0) is 37.7. The minimum Gasteiger partial charge on any atom is -0.305 e. The van der Waals surface area contributed by atoms with Gasteiger partial charge in [-0.15, -0.1) is 100 Å². The van der Waals surface area contributed by atoms with E-state index in [0.717, 1.165) is 59.5 Å². The van der Waals surface area contributed by atoms with E-state index in [4.69, 9.17) is 0 Å². The molecule has 0 aliphatic heterocycles. The van der Waals surface area contributed by atoms with Gasteiger partial charge in [0.05, 0.1) is 0 Å². The third kappa shape index (κ3) is 9.45. The molecule has 3 nitrogen and oxygen atoms in total. The normalized spacial score (nSPS) is 12.5. The Morgan fingerprint density at radius 2 is 1.05 bits per heavy atom. The van der Waals surface area contributed by atoms with Crippen molar-refractivity contribution in [3.05, 3.63) is 185 Å². The van der Waals surface area contributed by atoms with Crippen LogP contribution in [0.2, 0.25) is 0 Å². The summed E-state index contributed by atoms with van der Waals surface area (Å²) < 4.78 is 0. The summed E-state index contributed by atoms with van der Waals surface area (Å²) in [5, 5.41) is 0. The summed E-state index contributed by atoms with van der Waals surface area (Å²) >= 11 is 0. The fraction of sp³-hybridized carbons (Fsp3) is 0.235. The van der Waals surface area contributed by atoms with E-state index in [1.807, 2.05) is 67.0 Å². The molecule has 9 rings (SSSR count). The third-order valence-corrected chi connectivity index (χ3v) is 10.2. The molecule has 0 N–H and O–H groups in total. The molecule has 0 radical (unpaired) electrons. The summed E-state index contributed by atoms with van der Waals surface area (Å²) in [6.07, 6.45) is 10.1. The van der Waals surface area contributed by atoms with Crippen molar-refractivity contribution in [2.24, 2.45) is 0 Å². The van der Waals surface area contributed by atoms with Crippen LogP contribution in [0.1, 0.15) is 74.9 Å². The molecule has 0 unspecified atom stereocenters. The Bertz CT molecular complexity index is 2200. The van der Waals surface area contributed by atoms with E-state index in [1.165, 1.54) is 44.5 Å². The third-order valence-electron chi connectivity index (χ3n) is 10.2. The first-order chi connectivity index (χ1) is 26.0. The maximum absolute atomic E-state index is 4.52. The Hall–Kier alpha value is -5.02. The van der Waals surface area contributed by atoms with Gasteiger partial charge in [-0.3, -0.25) is 0 Å². The number of hydrogen-bond donors (Lipinski definition) is 0. The SMILES string of the molecule is CC(C)(C)c1cc[c-]c(-c2cc(C(C)(C)C)ccn2)c1.[Ir+3].[c-]1c(-c2ccccn2)cc2c3c1CCc1cccc(c1-3)CC2.[c-]1ccccc1-c1ccccn1. The Balaban J connectivity index is 0.000000145. The Labute approximate surface area is 341 Å². The maximum Gasteiger partial charge on any atom is 3.00 e. The van der Waals surface area contributed by atoms with Gasteiger partial charge in [-0.2, -0.15) is 0 Å². The van der Waals surface area contributed by atoms with Crippen LogP contribution >= 0.6 is 0 Å². The predicted octanol–water partition coefficient (Wildman–Crippen LogP) is 12.1. The molecular formula is C51H48IrN3. The molecule has 0 saturated heterocycles. The predicted molar refractivity (Wildman–Crippen MR) is 223 cm³/mol. The molecule has 0 atom stereocenters. The summed E-state index contributed by atoms with van der Waals surface area (Å²) in [6, 6.07) is 49.6. The minimum absolute atomic E-state index is 0. The minimum atomic E-state index is 0. The van der Waals surface area contributed by atoms with E-state index < -0.39 is 0 Å². The summed E-state index contributed by atoms with van der Waals surface area (Å²) in [5.41, 5.74) is 18.1. The Morgan fingerprint density at radius 3 is 1.69 bits per heavy atom. The van der Waals surface area contributed by atoms with Gasteiger partial charge in [0.1, 0.15) is 0 Å². The first kappa shape index (κ1) is 39.7. The van der Waals surface area contributed by atoms with Crippen LogP contribution < -0.4 is 0 Å². The number of rotatable bonds is 3. The zero-order valence-electron chi connectivity index (χ0n) is 32.7. The molecule has 4 heteroatoms. The molecule has 2 aliphatic rings. The van der Waals surface area contributed by atoms with Gasteiger partial charge in [0.25, 0.3) is 0 Å². The fourth-order valence-electron chi connectivity index (χ4n) is 7.18. The molecule has 3 heterocycles. The first-order valence-corrected chi connectivity index (χ1v) is 19.0. The van der Waals surface area contributed by atoms with Gasteiger partial charge in [0.15, 0.2) is 0 Å². The average Bonchev–Trinajstić information content (AvgIpc) is 3.21. The second-order valence-corrected chi connectivity index (χ2v) is 16.1. The van der Waals surface area contributed by atoms with E-state index in [-0.39, 0.29) is 30.9 Å². The standard InChI is InChI=1S/C21H16N.C19H24N.C11H8N.Ir/c1-2-11-22-19(6-1)18-12-16-9-7-14-4-3-5-15-8-10-17(13-18)21(16)20(14)15;1-18(2,3)15-9-7-8-14(12-15)17-13-16(10-11-20-17)19(4,5)6;1-2-6-10(7-3-1)11-8-4-5-9-12-11;/h1-6,11-12H,7-10H2;7,9-13H,1-6H3;1-6,8-9H;/q3*-1;+3. The number of aromatic nitrogens is 3. The first-order valence-electron chi connectivity index (χ1n) is 19.0. The zero-order valence-corrected chi connectivity index (χ0v) is 35.1. The van der Waals surface area contributed by atoms with Crippen LogP contribution in [0.4, 0.5) is 0 Å². The van der Waals surface area contributed by atoms with Crippen LogP contribution in [0.25, 0.3) is 44.9 Å². The van der Waals surface area contributed by atoms with Crippen molar-refractivity contribution >= 4 is 0 Å². The van der Waals surface area contributed by atoms with Crippen LogP contribution in [0, 0.1) is 18.2 Å². The van der Waals surface area contributed by atoms with Crippen LogP contribution in [-0.2, 0) is 56.6 Å². The van der Waals surface area contributed by atoms with Crippen molar-refractivity contribution in [3.63, 3.8) is 0 Å². The van der Waals surface area contributed by atoms with E-state index >= 15 is 0 Å². The van der Waals surface area contributed by atoms with E-state index in [9.17, 15) is 0 Å². The molecule has 2 aliphatic carbocycles. The quantitative estimate of drug-likeness (QED) is 0.166. The maximum atomic E-state index is 4.52. The van der Waals surface area contributed by atoms with Crippen LogP contribution in [-0.4, -0.2) is 15.0 Å². The van der Waals surface area contributed by atoms with Gasteiger partial charge in [0, 0.05) is 18.6 Å². The van der Waals surface area contributed by atoms with Crippen molar-refractivity contribution in [2.75, 3.05) is 0 Å². The van der Waals surface area contributed by atoms with Crippen molar-refractivity contribution < 1.29 is 20.1 Å². The molecule has 3 aromatic heterocycles. The number of benzene rings is 4. The molecule has 0 saturated carbocycles. The molecule has 4 aromatic carbocycles. The Morgan fingerprint density at radius 1 is 0.455 bits per heavy atom. The Kier molecular flexibility index (Phi) is 12.4. The van der Waals surface area contributed by atoms with Gasteiger partial charge < -0.3 is 15.0 Å². The summed E-state index contributed by atoms with van der Waals surface area (Å²) in [4.78, 5) is 13.2. The second kappa shape index (κ2) is 17.2. The van der Waals surface area contributed by atoms with Crippen LogP contribution in [0.5, 0.6) is 0 Å². The average molecular weight is 895 g/mol. The molecule has 0 fully saturated rings. The summed E-state index contributed by atoms with van der Waals surface area (Å²) in [6.45, 7) is 13.4. The van der Waals surface area contributed by atoms with Crippen molar-refractivity contribution in [2.45, 2.75) is 78.1 Å². The van der Waals surface area contributed by atoms with Gasteiger partial charge in [0.2, 0.25) is 0 Å². The van der Waals surface area contributed by atoms with E-state index in [2.05, 4.69) is 135 Å². The molecule has 276 valence electrons. The summed E-state index contributed by atoms with van der Waals surface area (Å²) in [5.74, 6) is 0. The number of aryl methyl sites for hydroxylation is 4. The summed E-state index contributed by atoms with van der Waals surface area (Å²) in [7, 11) is 0. The molecule has 55 heavy (non-hydrogen) atoms. The largest absolute Gasteiger partial charge is 3.00 e. The molecule has 0 amide bonds. The second-order valence-electron chi connectivity index (χ2n) is 16.1. The van der Waals surface area contributed by atoms with Gasteiger partial charge >= 0.3 is 20.1 Å². The monoisotopic (exact) mass is 895 g/mol. The van der Waals surface area contributed by atoms with Crippen molar-refractivity contribution in [1.29, 1.82) is 0 Å². The van der Waals surface area contributed by atoms with E-state index in [1.54, 1.807) is 6.20 Å². The van der Waals surface area contributed by atoms with Gasteiger partial charge in [-0.05, 0) is 88.5 Å². The van der Waals surface area contributed by atoms with Crippen LogP contribution in [0.3, 0.4) is 0 Å². The van der Waals surface area contributed by atoms with Crippen molar-refractivity contribution in [3.8, 4) is 44.9 Å². The number of nitrogens with zero attached hydrogens (tertiary/aromatic N) is 3. The van der Waals surface area contributed by atoms with Crippen molar-refractivity contribution in [1.82, 2.24) is 15.0 Å². The van der Waals surface area contributed by atoms with E-state index in [0.29, 0.717) is 0 Å². The van der Waals surface area contributed by atoms with Gasteiger partial charge in [-0.1, -0.05) is 101 Å². The smallest absolute Gasteiger partial charge is 0.305 e. The molecule has 0 bridgehead atoms. The molecular weight excluding hydrogens is 847 g/mol. The van der Waals surface area contributed by atoms with Crippen LogP contribution in [0.15, 0.2) is 134 Å². The number of pyridine rings is 3. The molecule has 0 spiro atoms. The fourth-order valence-corrected chi connectivity index (χ4v) is 7.18. The molecule has 7 aromatic rings. The van der Waals surface area contributed by atoms with Gasteiger partial charge in [-0.25, -0.2) is 0 Å².